The van der Waals surface area contributed by atoms with E-state index in [9.17, 15) is 4.79 Å². The number of amides is 1. The predicted octanol–water partition coefficient (Wildman–Crippen LogP) is 2.28. The molecule has 20 heavy (non-hydrogen) atoms. The Labute approximate surface area is 120 Å². The van der Waals surface area contributed by atoms with Gasteiger partial charge in [-0.2, -0.15) is 0 Å². The third kappa shape index (κ3) is 3.31. The van der Waals surface area contributed by atoms with Gasteiger partial charge in [0.15, 0.2) is 0 Å². The fraction of sp³-hybridized carbons (Fsp3) is 0.562. The number of furan rings is 1. The quantitative estimate of drug-likeness (QED) is 0.790. The number of carbonyl (C=O) groups excluding carboxylic acids is 1. The van der Waals surface area contributed by atoms with E-state index in [4.69, 9.17) is 4.42 Å². The van der Waals surface area contributed by atoms with E-state index in [-0.39, 0.29) is 0 Å². The molecule has 108 valence electrons. The molecule has 1 aromatic heterocycles. The molecule has 3 rings (SSSR count). The first-order valence-electron chi connectivity index (χ1n) is 7.50. The fourth-order valence-corrected chi connectivity index (χ4v) is 3.00. The van der Waals surface area contributed by atoms with Crippen LogP contribution in [-0.4, -0.2) is 41.9 Å². The Balaban J connectivity index is 1.43. The van der Waals surface area contributed by atoms with E-state index in [0.29, 0.717) is 18.2 Å². The summed E-state index contributed by atoms with van der Waals surface area (Å²) >= 11 is 0. The molecule has 1 fully saturated rings. The van der Waals surface area contributed by atoms with Gasteiger partial charge in [0, 0.05) is 32.6 Å². The number of allylic oxidation sites excluding steroid dienone is 2. The molecule has 4 nitrogen and oxygen atoms in total. The SMILES string of the molecule is O=C(C[C@@H]1C=CCC1)N1CCN(Cc2ccco2)CC1. The minimum Gasteiger partial charge on any atom is -0.468 e. The van der Waals surface area contributed by atoms with Crippen molar-refractivity contribution in [2.75, 3.05) is 26.2 Å². The topological polar surface area (TPSA) is 36.7 Å². The number of rotatable bonds is 4. The molecule has 1 aromatic rings. The smallest absolute Gasteiger partial charge is 0.223 e. The summed E-state index contributed by atoms with van der Waals surface area (Å²) in [5, 5.41) is 0. The standard InChI is InChI=1S/C16H22N2O2/c19-16(12-14-4-1-2-5-14)18-9-7-17(8-10-18)13-15-6-3-11-20-15/h1,3-4,6,11,14H,2,5,7-10,12-13H2/t14-/m1/s1. The highest BCUT2D eigenvalue weighted by Crippen LogP contribution is 2.21. The average molecular weight is 274 g/mol. The van der Waals surface area contributed by atoms with Crippen LogP contribution in [0.1, 0.15) is 25.0 Å². The molecule has 0 bridgehead atoms. The molecule has 1 aliphatic heterocycles. The van der Waals surface area contributed by atoms with Crippen molar-refractivity contribution >= 4 is 5.91 Å². The number of piperazine rings is 1. The summed E-state index contributed by atoms with van der Waals surface area (Å²) in [6.45, 7) is 4.41. The number of hydrogen-bond acceptors (Lipinski definition) is 3. The molecule has 1 atom stereocenters. The van der Waals surface area contributed by atoms with Crippen LogP contribution in [-0.2, 0) is 11.3 Å². The highest BCUT2D eigenvalue weighted by Gasteiger charge is 2.23. The molecule has 1 saturated heterocycles. The maximum absolute atomic E-state index is 12.2. The van der Waals surface area contributed by atoms with Gasteiger partial charge in [-0.15, -0.1) is 0 Å². The lowest BCUT2D eigenvalue weighted by Gasteiger charge is -2.34. The monoisotopic (exact) mass is 274 g/mol. The molecule has 0 saturated carbocycles. The first-order chi connectivity index (χ1) is 9.81. The van der Waals surface area contributed by atoms with Gasteiger partial charge in [-0.05, 0) is 30.9 Å². The summed E-state index contributed by atoms with van der Waals surface area (Å²) in [7, 11) is 0. The van der Waals surface area contributed by atoms with Gasteiger partial charge in [0.25, 0.3) is 0 Å². The van der Waals surface area contributed by atoms with Crippen LogP contribution in [0.2, 0.25) is 0 Å². The van der Waals surface area contributed by atoms with Gasteiger partial charge < -0.3 is 9.32 Å². The largest absolute Gasteiger partial charge is 0.468 e. The molecule has 4 heteroatoms. The van der Waals surface area contributed by atoms with E-state index < -0.39 is 0 Å². The Morgan fingerprint density at radius 3 is 2.80 bits per heavy atom. The van der Waals surface area contributed by atoms with Gasteiger partial charge in [0.1, 0.15) is 5.76 Å². The Kier molecular flexibility index (Phi) is 4.21. The van der Waals surface area contributed by atoms with Crippen LogP contribution in [0.4, 0.5) is 0 Å². The Morgan fingerprint density at radius 1 is 1.30 bits per heavy atom. The fourth-order valence-electron chi connectivity index (χ4n) is 3.00. The summed E-state index contributed by atoms with van der Waals surface area (Å²) in [6.07, 6.45) is 9.07. The summed E-state index contributed by atoms with van der Waals surface area (Å²) in [5.74, 6) is 1.80. The lowest BCUT2D eigenvalue weighted by Crippen LogP contribution is -2.48. The van der Waals surface area contributed by atoms with Crippen LogP contribution in [0.3, 0.4) is 0 Å². The van der Waals surface area contributed by atoms with Crippen molar-refractivity contribution in [2.45, 2.75) is 25.8 Å². The number of carbonyl (C=O) groups is 1. The normalized spacial score (nSPS) is 23.4. The van der Waals surface area contributed by atoms with E-state index in [2.05, 4.69) is 17.1 Å². The van der Waals surface area contributed by atoms with Crippen LogP contribution < -0.4 is 0 Å². The molecular weight excluding hydrogens is 252 g/mol. The number of nitrogens with zero attached hydrogens (tertiary/aromatic N) is 2. The van der Waals surface area contributed by atoms with Crippen molar-refractivity contribution in [3.05, 3.63) is 36.3 Å². The zero-order valence-electron chi connectivity index (χ0n) is 11.8. The summed E-state index contributed by atoms with van der Waals surface area (Å²) in [6, 6.07) is 3.92. The zero-order chi connectivity index (χ0) is 13.8. The maximum Gasteiger partial charge on any atom is 0.223 e. The molecule has 1 aliphatic carbocycles. The van der Waals surface area contributed by atoms with Gasteiger partial charge in [-0.1, -0.05) is 12.2 Å². The highest BCUT2D eigenvalue weighted by atomic mass is 16.3. The molecular formula is C16H22N2O2. The molecule has 0 radical (unpaired) electrons. The second-order valence-electron chi connectivity index (χ2n) is 5.71. The van der Waals surface area contributed by atoms with E-state index in [0.717, 1.165) is 51.3 Å². The maximum atomic E-state index is 12.2. The van der Waals surface area contributed by atoms with Crippen molar-refractivity contribution in [1.82, 2.24) is 9.80 Å². The third-order valence-electron chi connectivity index (χ3n) is 4.23. The van der Waals surface area contributed by atoms with E-state index >= 15 is 0 Å². The summed E-state index contributed by atoms with van der Waals surface area (Å²) < 4.78 is 5.37. The molecule has 0 unspecified atom stereocenters. The average Bonchev–Trinajstić information content (AvgIpc) is 3.13. The van der Waals surface area contributed by atoms with E-state index in [1.807, 2.05) is 17.0 Å². The minimum absolute atomic E-state index is 0.319. The van der Waals surface area contributed by atoms with Crippen molar-refractivity contribution in [3.8, 4) is 0 Å². The van der Waals surface area contributed by atoms with Crippen molar-refractivity contribution in [3.63, 3.8) is 0 Å². The lowest BCUT2D eigenvalue weighted by molar-refractivity contribution is -0.133. The Morgan fingerprint density at radius 2 is 2.15 bits per heavy atom. The summed E-state index contributed by atoms with van der Waals surface area (Å²) in [4.78, 5) is 16.6. The van der Waals surface area contributed by atoms with E-state index in [1.54, 1.807) is 6.26 Å². The van der Waals surface area contributed by atoms with Crippen molar-refractivity contribution < 1.29 is 9.21 Å². The van der Waals surface area contributed by atoms with Crippen LogP contribution in [0, 0.1) is 5.92 Å². The van der Waals surface area contributed by atoms with Crippen LogP contribution in [0.25, 0.3) is 0 Å². The molecule has 2 aliphatic rings. The van der Waals surface area contributed by atoms with Crippen molar-refractivity contribution in [1.29, 1.82) is 0 Å². The molecule has 2 heterocycles. The van der Waals surface area contributed by atoms with Gasteiger partial charge >= 0.3 is 0 Å². The second kappa shape index (κ2) is 6.27. The first kappa shape index (κ1) is 13.4. The van der Waals surface area contributed by atoms with Crippen molar-refractivity contribution in [2.24, 2.45) is 5.92 Å². The first-order valence-corrected chi connectivity index (χ1v) is 7.50. The van der Waals surface area contributed by atoms with Crippen LogP contribution in [0.5, 0.6) is 0 Å². The molecule has 1 amide bonds. The zero-order valence-corrected chi connectivity index (χ0v) is 11.8. The minimum atomic E-state index is 0.319. The van der Waals surface area contributed by atoms with Gasteiger partial charge in [-0.3, -0.25) is 9.69 Å². The highest BCUT2D eigenvalue weighted by molar-refractivity contribution is 5.76. The van der Waals surface area contributed by atoms with E-state index in [1.165, 1.54) is 0 Å². The second-order valence-corrected chi connectivity index (χ2v) is 5.71. The summed E-state index contributed by atoms with van der Waals surface area (Å²) in [5.41, 5.74) is 0. The lowest BCUT2D eigenvalue weighted by atomic mass is 10.0. The molecule has 0 aromatic carbocycles. The van der Waals surface area contributed by atoms with Gasteiger partial charge in [-0.25, -0.2) is 0 Å². The van der Waals surface area contributed by atoms with Crippen LogP contribution in [0.15, 0.2) is 35.0 Å². The molecule has 0 spiro atoms. The van der Waals surface area contributed by atoms with Crippen LogP contribution >= 0.6 is 0 Å². The Bertz CT molecular complexity index is 459. The predicted molar refractivity (Wildman–Crippen MR) is 77.0 cm³/mol. The number of hydrogen-bond donors (Lipinski definition) is 0. The van der Waals surface area contributed by atoms with Gasteiger partial charge in [0.05, 0.1) is 12.8 Å². The Hall–Kier alpha value is -1.55. The van der Waals surface area contributed by atoms with Gasteiger partial charge in [0.2, 0.25) is 5.91 Å². The third-order valence-corrected chi connectivity index (χ3v) is 4.23. The molecule has 0 N–H and O–H groups in total.